The summed E-state index contributed by atoms with van der Waals surface area (Å²) in [6, 6.07) is 0. The maximum atomic E-state index is 4.85. The molecule has 1 aliphatic rings. The summed E-state index contributed by atoms with van der Waals surface area (Å²) in [6.07, 6.45) is 1.18. The second kappa shape index (κ2) is 1.27. The molecule has 0 bridgehead atoms. The summed E-state index contributed by atoms with van der Waals surface area (Å²) in [5, 5.41) is 0.377. The highest BCUT2D eigenvalue weighted by molar-refractivity contribution is 9.09. The molecule has 0 aliphatic carbocycles. The smallest absolute Gasteiger partial charge is 0.114 e. The molecule has 2 heteroatoms. The average Bonchev–Trinajstić information content (AvgIpc) is 1.30. The fraction of sp³-hybridized carbons (Fsp3) is 1.00. The van der Waals surface area contributed by atoms with E-state index in [9.17, 15) is 0 Å². The van der Waals surface area contributed by atoms with Gasteiger partial charge in [-0.15, -0.1) is 0 Å². The van der Waals surface area contributed by atoms with Gasteiger partial charge in [-0.05, 0) is 0 Å². The van der Waals surface area contributed by atoms with Crippen LogP contribution in [-0.2, 0) is 4.74 Å². The quantitative estimate of drug-likeness (QED) is 0.454. The van der Waals surface area contributed by atoms with Crippen LogP contribution in [-0.4, -0.2) is 11.6 Å². The lowest BCUT2D eigenvalue weighted by atomic mass is 10.4. The summed E-state index contributed by atoms with van der Waals surface area (Å²) in [5.74, 6) is 0. The van der Waals surface area contributed by atoms with Gasteiger partial charge in [-0.2, -0.15) is 0 Å². The van der Waals surface area contributed by atoms with Crippen LogP contribution in [0.1, 0.15) is 6.42 Å². The Hall–Kier alpha value is 0.440. The van der Waals surface area contributed by atoms with Gasteiger partial charge in [0.15, 0.2) is 0 Å². The second-order valence-electron chi connectivity index (χ2n) is 1.07. The highest BCUT2D eigenvalue weighted by Gasteiger charge is 2.11. The summed E-state index contributed by atoms with van der Waals surface area (Å²) in [6.45, 7) is 0.940. The van der Waals surface area contributed by atoms with Gasteiger partial charge in [0, 0.05) is 6.42 Å². The Balaban J connectivity index is 2.08. The van der Waals surface area contributed by atoms with Crippen LogP contribution in [0.4, 0.5) is 0 Å². The molecule has 1 rings (SSSR count). The van der Waals surface area contributed by atoms with E-state index in [0.29, 0.717) is 5.01 Å². The Morgan fingerprint density at radius 3 is 2.20 bits per heavy atom. The number of hydrogen-bond acceptors (Lipinski definition) is 1. The first-order chi connectivity index (χ1) is 2.39. The van der Waals surface area contributed by atoms with E-state index in [1.54, 1.807) is 0 Å². The van der Waals surface area contributed by atoms with Crippen LogP contribution in [0.25, 0.3) is 0 Å². The fourth-order valence-electron chi connectivity index (χ4n) is 0.207. The Bertz CT molecular complexity index is 33.9. The van der Waals surface area contributed by atoms with Gasteiger partial charge in [0.05, 0.1) is 6.61 Å². The van der Waals surface area contributed by atoms with Crippen LogP contribution in [0, 0.1) is 0 Å². The SMILES string of the molecule is BrC1CCO1. The molecule has 1 atom stereocenters. The largest absolute Gasteiger partial charge is 0.367 e. The van der Waals surface area contributed by atoms with Crippen molar-refractivity contribution in [2.24, 2.45) is 0 Å². The van der Waals surface area contributed by atoms with E-state index in [4.69, 9.17) is 4.74 Å². The Morgan fingerprint density at radius 2 is 2.20 bits per heavy atom. The van der Waals surface area contributed by atoms with Crippen LogP contribution in [0.2, 0.25) is 0 Å². The lowest BCUT2D eigenvalue weighted by Gasteiger charge is -2.18. The van der Waals surface area contributed by atoms with Gasteiger partial charge >= 0.3 is 0 Å². The van der Waals surface area contributed by atoms with Crippen molar-refractivity contribution >= 4 is 15.9 Å². The molecule has 0 aromatic rings. The molecule has 1 aliphatic heterocycles. The first-order valence-corrected chi connectivity index (χ1v) is 2.57. The molecule has 30 valence electrons. The predicted octanol–water partition coefficient (Wildman–Crippen LogP) is 1.13. The van der Waals surface area contributed by atoms with Crippen molar-refractivity contribution in [3.05, 3.63) is 0 Å². The van der Waals surface area contributed by atoms with E-state index < -0.39 is 0 Å². The first-order valence-electron chi connectivity index (χ1n) is 1.65. The van der Waals surface area contributed by atoms with E-state index >= 15 is 0 Å². The third kappa shape index (κ3) is 0.637. The molecule has 0 amide bonds. The Kier molecular flexibility index (Phi) is 0.918. The number of rotatable bonds is 0. The monoisotopic (exact) mass is 136 g/mol. The zero-order valence-corrected chi connectivity index (χ0v) is 4.36. The molecule has 0 radical (unpaired) electrons. The van der Waals surface area contributed by atoms with E-state index in [1.807, 2.05) is 0 Å². The molecule has 5 heavy (non-hydrogen) atoms. The molecule has 1 fully saturated rings. The molecule has 0 aromatic carbocycles. The van der Waals surface area contributed by atoms with Crippen molar-refractivity contribution in [2.45, 2.75) is 11.4 Å². The molecule has 0 saturated carbocycles. The highest BCUT2D eigenvalue weighted by atomic mass is 79.9. The van der Waals surface area contributed by atoms with Crippen LogP contribution >= 0.6 is 15.9 Å². The number of hydrogen-bond donors (Lipinski definition) is 0. The summed E-state index contributed by atoms with van der Waals surface area (Å²) >= 11 is 3.24. The van der Waals surface area contributed by atoms with Crippen molar-refractivity contribution in [1.82, 2.24) is 0 Å². The van der Waals surface area contributed by atoms with Gasteiger partial charge in [-0.3, -0.25) is 0 Å². The maximum absolute atomic E-state index is 4.85. The molecular weight excluding hydrogens is 132 g/mol. The summed E-state index contributed by atoms with van der Waals surface area (Å²) in [7, 11) is 0. The minimum Gasteiger partial charge on any atom is -0.367 e. The van der Waals surface area contributed by atoms with Gasteiger partial charge in [0.2, 0.25) is 0 Å². The van der Waals surface area contributed by atoms with Crippen LogP contribution in [0.3, 0.4) is 0 Å². The topological polar surface area (TPSA) is 9.23 Å². The van der Waals surface area contributed by atoms with Crippen molar-refractivity contribution in [1.29, 1.82) is 0 Å². The molecule has 1 unspecified atom stereocenters. The van der Waals surface area contributed by atoms with E-state index in [2.05, 4.69) is 15.9 Å². The first kappa shape index (κ1) is 3.62. The van der Waals surface area contributed by atoms with Crippen LogP contribution < -0.4 is 0 Å². The van der Waals surface area contributed by atoms with Gasteiger partial charge < -0.3 is 4.74 Å². The van der Waals surface area contributed by atoms with Gasteiger partial charge in [-0.25, -0.2) is 0 Å². The van der Waals surface area contributed by atoms with E-state index in [-0.39, 0.29) is 0 Å². The van der Waals surface area contributed by atoms with Crippen LogP contribution in [0.5, 0.6) is 0 Å². The molecule has 0 spiro atoms. The van der Waals surface area contributed by atoms with Gasteiger partial charge in [0.1, 0.15) is 5.01 Å². The molecule has 0 N–H and O–H groups in total. The minimum absolute atomic E-state index is 0.377. The second-order valence-corrected chi connectivity index (χ2v) is 2.09. The highest BCUT2D eigenvalue weighted by Crippen LogP contribution is 2.15. The lowest BCUT2D eigenvalue weighted by molar-refractivity contribution is 0.0146. The van der Waals surface area contributed by atoms with Crippen LogP contribution in [0.15, 0.2) is 0 Å². The van der Waals surface area contributed by atoms with E-state index in [0.717, 1.165) is 6.61 Å². The molecule has 0 aromatic heterocycles. The average molecular weight is 137 g/mol. The van der Waals surface area contributed by atoms with Crippen molar-refractivity contribution in [2.75, 3.05) is 6.61 Å². The molecule has 1 heterocycles. The standard InChI is InChI=1S/C3H5BrO/c4-3-1-2-5-3/h3H,1-2H2. The van der Waals surface area contributed by atoms with Crippen molar-refractivity contribution in [3.63, 3.8) is 0 Å². The van der Waals surface area contributed by atoms with Crippen molar-refractivity contribution in [3.8, 4) is 0 Å². The zero-order chi connectivity index (χ0) is 3.70. The Labute approximate surface area is 39.4 Å². The number of alkyl halides is 1. The van der Waals surface area contributed by atoms with E-state index in [1.165, 1.54) is 6.42 Å². The van der Waals surface area contributed by atoms with Crippen molar-refractivity contribution < 1.29 is 4.74 Å². The lowest BCUT2D eigenvalue weighted by Crippen LogP contribution is -2.19. The molecular formula is C3H5BrO. The summed E-state index contributed by atoms with van der Waals surface area (Å²) in [4.78, 5) is 0. The normalized spacial score (nSPS) is 36.6. The zero-order valence-electron chi connectivity index (χ0n) is 2.78. The van der Waals surface area contributed by atoms with Gasteiger partial charge in [0.25, 0.3) is 0 Å². The predicted molar refractivity (Wildman–Crippen MR) is 23.3 cm³/mol. The number of halogens is 1. The maximum Gasteiger partial charge on any atom is 0.114 e. The fourth-order valence-corrected chi connectivity index (χ4v) is 0.581. The third-order valence-corrected chi connectivity index (χ3v) is 1.37. The summed E-state index contributed by atoms with van der Waals surface area (Å²) < 4.78 is 4.85. The summed E-state index contributed by atoms with van der Waals surface area (Å²) in [5.41, 5.74) is 0. The number of ether oxygens (including phenoxy) is 1. The van der Waals surface area contributed by atoms with Gasteiger partial charge in [-0.1, -0.05) is 15.9 Å². The minimum atomic E-state index is 0.377. The third-order valence-electron chi connectivity index (χ3n) is 0.644. The molecule has 1 saturated heterocycles. The molecule has 1 nitrogen and oxygen atoms in total. The Morgan fingerprint density at radius 1 is 1.80 bits per heavy atom.